The van der Waals surface area contributed by atoms with Crippen molar-refractivity contribution in [1.29, 1.82) is 0 Å². The van der Waals surface area contributed by atoms with Gasteiger partial charge < -0.3 is 19.9 Å². The number of carbonyl (C=O) groups is 2. The molecule has 7 nitrogen and oxygen atoms in total. The van der Waals surface area contributed by atoms with Gasteiger partial charge in [0.05, 0.1) is 18.0 Å². The molecule has 35 heavy (non-hydrogen) atoms. The van der Waals surface area contributed by atoms with Crippen molar-refractivity contribution in [3.05, 3.63) is 102 Å². The van der Waals surface area contributed by atoms with E-state index in [-0.39, 0.29) is 17.1 Å². The summed E-state index contributed by atoms with van der Waals surface area (Å²) >= 11 is 1.40. The van der Waals surface area contributed by atoms with E-state index in [2.05, 4.69) is 27.8 Å². The molecule has 8 heteroatoms. The van der Waals surface area contributed by atoms with Crippen LogP contribution in [-0.2, 0) is 11.3 Å². The van der Waals surface area contributed by atoms with E-state index < -0.39 is 0 Å². The molecule has 0 saturated heterocycles. The number of amides is 2. The van der Waals surface area contributed by atoms with Gasteiger partial charge in [0.25, 0.3) is 5.91 Å². The van der Waals surface area contributed by atoms with Crippen molar-refractivity contribution < 1.29 is 14.3 Å². The Bertz CT molecular complexity index is 1290. The van der Waals surface area contributed by atoms with Crippen molar-refractivity contribution in [2.45, 2.75) is 23.9 Å². The van der Waals surface area contributed by atoms with Gasteiger partial charge in [-0.05, 0) is 48.9 Å². The van der Waals surface area contributed by atoms with Crippen LogP contribution in [0.4, 0.5) is 11.4 Å². The second kappa shape index (κ2) is 11.4. The highest BCUT2D eigenvalue weighted by Gasteiger charge is 2.18. The SMILES string of the molecule is COc1ccccc1NC(=O)c1ccc(NC(=O)C(C)Sc2nccn2Cc2ccccc2)cc1. The van der Waals surface area contributed by atoms with Crippen molar-refractivity contribution in [2.24, 2.45) is 0 Å². The lowest BCUT2D eigenvalue weighted by Crippen LogP contribution is -2.23. The Balaban J connectivity index is 1.34. The molecule has 1 atom stereocenters. The molecule has 0 bridgehead atoms. The Hall–Kier alpha value is -4.04. The van der Waals surface area contributed by atoms with Crippen LogP contribution < -0.4 is 15.4 Å². The van der Waals surface area contributed by atoms with E-state index in [1.165, 1.54) is 17.3 Å². The normalized spacial score (nSPS) is 11.5. The van der Waals surface area contributed by atoms with Gasteiger partial charge in [0.15, 0.2) is 5.16 Å². The summed E-state index contributed by atoms with van der Waals surface area (Å²) in [5.41, 5.74) is 2.84. The zero-order chi connectivity index (χ0) is 24.6. The fraction of sp³-hybridized carbons (Fsp3) is 0.148. The lowest BCUT2D eigenvalue weighted by molar-refractivity contribution is -0.115. The van der Waals surface area contributed by atoms with Gasteiger partial charge in [-0.3, -0.25) is 9.59 Å². The summed E-state index contributed by atoms with van der Waals surface area (Å²) in [6.07, 6.45) is 3.65. The largest absolute Gasteiger partial charge is 0.495 e. The zero-order valence-corrected chi connectivity index (χ0v) is 20.3. The van der Waals surface area contributed by atoms with Gasteiger partial charge in [0, 0.05) is 30.2 Å². The number of methoxy groups -OCH3 is 1. The number of ether oxygens (including phenoxy) is 1. The lowest BCUT2D eigenvalue weighted by Gasteiger charge is -2.14. The summed E-state index contributed by atoms with van der Waals surface area (Å²) < 4.78 is 7.30. The molecule has 0 spiro atoms. The molecule has 1 heterocycles. The van der Waals surface area contributed by atoms with Gasteiger partial charge in [-0.15, -0.1) is 0 Å². The number of aromatic nitrogens is 2. The first-order chi connectivity index (χ1) is 17.0. The lowest BCUT2D eigenvalue weighted by atomic mass is 10.2. The maximum Gasteiger partial charge on any atom is 0.255 e. The number of carbonyl (C=O) groups excluding carboxylic acids is 2. The van der Waals surface area contributed by atoms with Crippen molar-refractivity contribution in [3.8, 4) is 5.75 Å². The Kier molecular flexibility index (Phi) is 7.84. The molecule has 0 aliphatic carbocycles. The quantitative estimate of drug-likeness (QED) is 0.313. The fourth-order valence-corrected chi connectivity index (χ4v) is 4.28. The third-order valence-corrected chi connectivity index (χ3v) is 6.41. The van der Waals surface area contributed by atoms with Crippen LogP contribution in [-0.4, -0.2) is 33.7 Å². The van der Waals surface area contributed by atoms with E-state index in [0.717, 1.165) is 5.16 Å². The van der Waals surface area contributed by atoms with Gasteiger partial charge in [-0.1, -0.05) is 54.2 Å². The minimum Gasteiger partial charge on any atom is -0.495 e. The van der Waals surface area contributed by atoms with Gasteiger partial charge in [-0.2, -0.15) is 0 Å². The van der Waals surface area contributed by atoms with Crippen LogP contribution in [0.15, 0.2) is 96.4 Å². The first-order valence-electron chi connectivity index (χ1n) is 11.1. The predicted molar refractivity (Wildman–Crippen MR) is 139 cm³/mol. The van der Waals surface area contributed by atoms with Gasteiger partial charge in [0.1, 0.15) is 5.75 Å². The van der Waals surface area contributed by atoms with Crippen LogP contribution in [0, 0.1) is 0 Å². The van der Waals surface area contributed by atoms with E-state index in [1.807, 2.05) is 48.0 Å². The molecule has 178 valence electrons. The van der Waals surface area contributed by atoms with E-state index in [0.29, 0.717) is 29.2 Å². The molecule has 0 radical (unpaired) electrons. The minimum atomic E-state index is -0.361. The molecule has 0 fully saturated rings. The van der Waals surface area contributed by atoms with Crippen LogP contribution in [0.5, 0.6) is 5.75 Å². The van der Waals surface area contributed by atoms with E-state index >= 15 is 0 Å². The smallest absolute Gasteiger partial charge is 0.255 e. The Morgan fingerprint density at radius 3 is 2.43 bits per heavy atom. The first-order valence-corrected chi connectivity index (χ1v) is 12.0. The van der Waals surface area contributed by atoms with E-state index in [4.69, 9.17) is 4.74 Å². The number of hydrogen-bond acceptors (Lipinski definition) is 5. The summed E-state index contributed by atoms with van der Waals surface area (Å²) in [5.74, 6) is 0.178. The van der Waals surface area contributed by atoms with E-state index in [1.54, 1.807) is 49.7 Å². The van der Waals surface area contributed by atoms with Gasteiger partial charge in [-0.25, -0.2) is 4.98 Å². The maximum absolute atomic E-state index is 12.8. The standard InChI is InChI=1S/C27H26N4O3S/c1-19(35-27-28-16-17-31(27)18-20-8-4-3-5-9-20)25(32)29-22-14-12-21(13-15-22)26(33)30-23-10-6-7-11-24(23)34-2/h3-17,19H,18H2,1-2H3,(H,29,32)(H,30,33). The van der Waals surface area contributed by atoms with Crippen LogP contribution in [0.3, 0.4) is 0 Å². The number of imidazole rings is 1. The predicted octanol–water partition coefficient (Wildman–Crippen LogP) is 5.31. The Labute approximate surface area is 208 Å². The summed E-state index contributed by atoms with van der Waals surface area (Å²) in [5, 5.41) is 6.17. The number of thioether (sulfide) groups is 1. The number of para-hydroxylation sites is 2. The summed E-state index contributed by atoms with van der Waals surface area (Å²) in [7, 11) is 1.55. The molecule has 4 rings (SSSR count). The number of rotatable bonds is 9. The molecule has 1 aromatic heterocycles. The average molecular weight is 487 g/mol. The topological polar surface area (TPSA) is 85.2 Å². The number of nitrogens with one attached hydrogen (secondary N) is 2. The molecule has 1 unspecified atom stereocenters. The number of benzene rings is 3. The molecule has 3 aromatic carbocycles. The van der Waals surface area contributed by atoms with Crippen LogP contribution in [0.1, 0.15) is 22.8 Å². The van der Waals surface area contributed by atoms with E-state index in [9.17, 15) is 9.59 Å². The summed E-state index contributed by atoms with van der Waals surface area (Å²) in [6.45, 7) is 2.53. The summed E-state index contributed by atoms with van der Waals surface area (Å²) in [6, 6.07) is 24.1. The van der Waals surface area contributed by atoms with Crippen molar-refractivity contribution in [1.82, 2.24) is 9.55 Å². The molecule has 2 N–H and O–H groups in total. The maximum atomic E-state index is 12.8. The second-order valence-corrected chi connectivity index (χ2v) is 9.11. The first kappa shape index (κ1) is 24.1. The highest BCUT2D eigenvalue weighted by Crippen LogP contribution is 2.25. The van der Waals surface area contributed by atoms with Crippen molar-refractivity contribution in [2.75, 3.05) is 17.7 Å². The summed E-state index contributed by atoms with van der Waals surface area (Å²) in [4.78, 5) is 29.8. The zero-order valence-electron chi connectivity index (χ0n) is 19.5. The average Bonchev–Trinajstić information content (AvgIpc) is 3.31. The molecule has 0 aliphatic rings. The molecular weight excluding hydrogens is 460 g/mol. The molecule has 2 amide bonds. The Morgan fingerprint density at radius 1 is 0.971 bits per heavy atom. The fourth-order valence-electron chi connectivity index (χ4n) is 3.42. The van der Waals surface area contributed by atoms with Crippen LogP contribution in [0.2, 0.25) is 0 Å². The molecule has 0 aliphatic heterocycles. The highest BCUT2D eigenvalue weighted by molar-refractivity contribution is 8.00. The monoisotopic (exact) mass is 486 g/mol. The van der Waals surface area contributed by atoms with Crippen LogP contribution >= 0.6 is 11.8 Å². The van der Waals surface area contributed by atoms with Crippen molar-refractivity contribution in [3.63, 3.8) is 0 Å². The third kappa shape index (κ3) is 6.30. The number of anilines is 2. The molecule has 4 aromatic rings. The number of nitrogens with zero attached hydrogens (tertiary/aromatic N) is 2. The highest BCUT2D eigenvalue weighted by atomic mass is 32.2. The van der Waals surface area contributed by atoms with Gasteiger partial charge in [0.2, 0.25) is 5.91 Å². The second-order valence-electron chi connectivity index (χ2n) is 7.80. The Morgan fingerprint density at radius 2 is 1.69 bits per heavy atom. The van der Waals surface area contributed by atoms with Gasteiger partial charge >= 0.3 is 0 Å². The molecular formula is C27H26N4O3S. The van der Waals surface area contributed by atoms with Crippen molar-refractivity contribution >= 4 is 35.0 Å². The molecule has 0 saturated carbocycles. The van der Waals surface area contributed by atoms with Crippen LogP contribution in [0.25, 0.3) is 0 Å². The number of hydrogen-bond donors (Lipinski definition) is 2. The third-order valence-electron chi connectivity index (χ3n) is 5.29. The minimum absolute atomic E-state index is 0.143.